The third kappa shape index (κ3) is 2.30. The van der Waals surface area contributed by atoms with Crippen LogP contribution in [-0.2, 0) is 4.74 Å². The van der Waals surface area contributed by atoms with Crippen molar-refractivity contribution in [2.24, 2.45) is 5.92 Å². The second-order valence-electron chi connectivity index (χ2n) is 3.41. The summed E-state index contributed by atoms with van der Waals surface area (Å²) in [4.78, 5) is 15.9. The topological polar surface area (TPSA) is 39.2 Å². The minimum Gasteiger partial charge on any atom is -0.381 e. The first kappa shape index (κ1) is 10.9. The second-order valence-corrected chi connectivity index (χ2v) is 4.25. The highest BCUT2D eigenvalue weighted by Gasteiger charge is 2.27. The molecule has 1 aliphatic heterocycles. The van der Waals surface area contributed by atoms with E-state index in [1.807, 2.05) is 0 Å². The van der Waals surface area contributed by atoms with Gasteiger partial charge in [0.05, 0.1) is 16.7 Å². The Morgan fingerprint density at radius 1 is 1.53 bits per heavy atom. The molecule has 5 heteroatoms. The van der Waals surface area contributed by atoms with Crippen LogP contribution in [0.4, 0.5) is 0 Å². The van der Waals surface area contributed by atoms with Crippen molar-refractivity contribution in [1.29, 1.82) is 0 Å². The molecule has 15 heavy (non-hydrogen) atoms. The number of ketones is 1. The number of aromatic nitrogens is 1. The Bertz CT molecular complexity index is 389. The summed E-state index contributed by atoms with van der Waals surface area (Å²) in [5.41, 5.74) is 0.288. The lowest BCUT2D eigenvalue weighted by Crippen LogP contribution is -2.16. The summed E-state index contributed by atoms with van der Waals surface area (Å²) in [6.45, 7) is 1.08. The predicted octanol–water partition coefficient (Wildman–Crippen LogP) is 2.61. The fraction of sp³-hybridized carbons (Fsp3) is 0.400. The molecule has 1 aliphatic rings. The van der Waals surface area contributed by atoms with E-state index in [0.29, 0.717) is 23.3 Å². The van der Waals surface area contributed by atoms with Crippen molar-refractivity contribution in [2.75, 3.05) is 13.2 Å². The molecule has 2 heterocycles. The monoisotopic (exact) mass is 245 g/mol. The third-order valence-corrected chi connectivity index (χ3v) is 2.84. The maximum atomic E-state index is 11.9. The summed E-state index contributed by atoms with van der Waals surface area (Å²) in [5.74, 6) is -0.176. The van der Waals surface area contributed by atoms with Gasteiger partial charge in [-0.25, -0.2) is 4.98 Å². The molecule has 1 atom stereocenters. The maximum absolute atomic E-state index is 11.9. The van der Waals surface area contributed by atoms with Gasteiger partial charge in [0.25, 0.3) is 0 Å². The summed E-state index contributed by atoms with van der Waals surface area (Å²) in [6, 6.07) is 1.53. The van der Waals surface area contributed by atoms with E-state index < -0.39 is 0 Å². The Kier molecular flexibility index (Phi) is 3.24. The van der Waals surface area contributed by atoms with Crippen LogP contribution in [-0.4, -0.2) is 24.0 Å². The van der Waals surface area contributed by atoms with E-state index in [0.717, 1.165) is 6.42 Å². The average Bonchev–Trinajstić information content (AvgIpc) is 2.69. The zero-order chi connectivity index (χ0) is 10.8. The largest absolute Gasteiger partial charge is 0.381 e. The smallest absolute Gasteiger partial charge is 0.188 e. The highest BCUT2D eigenvalue weighted by Crippen LogP contribution is 2.24. The molecule has 80 valence electrons. The highest BCUT2D eigenvalue weighted by molar-refractivity contribution is 6.36. The number of carbonyl (C=O) groups is 1. The lowest BCUT2D eigenvalue weighted by molar-refractivity contribution is 0.0895. The van der Waals surface area contributed by atoms with Gasteiger partial charge in [0.2, 0.25) is 0 Å². The minimum atomic E-state index is -0.115. The van der Waals surface area contributed by atoms with Crippen molar-refractivity contribution in [1.82, 2.24) is 4.98 Å². The van der Waals surface area contributed by atoms with Crippen LogP contribution in [0.15, 0.2) is 12.3 Å². The van der Waals surface area contributed by atoms with Gasteiger partial charge in [-0.2, -0.15) is 0 Å². The molecule has 0 aliphatic carbocycles. The zero-order valence-corrected chi connectivity index (χ0v) is 9.38. The van der Waals surface area contributed by atoms with Gasteiger partial charge in [0, 0.05) is 18.7 Å². The molecule has 0 bridgehead atoms. The fourth-order valence-electron chi connectivity index (χ4n) is 1.53. The van der Waals surface area contributed by atoms with Crippen LogP contribution >= 0.6 is 23.2 Å². The first-order valence-electron chi connectivity index (χ1n) is 4.61. The van der Waals surface area contributed by atoms with Crippen molar-refractivity contribution in [3.05, 3.63) is 28.0 Å². The Morgan fingerprint density at radius 2 is 2.33 bits per heavy atom. The summed E-state index contributed by atoms with van der Waals surface area (Å²) >= 11 is 11.6. The first-order valence-corrected chi connectivity index (χ1v) is 5.37. The van der Waals surface area contributed by atoms with Gasteiger partial charge < -0.3 is 4.74 Å². The number of rotatable bonds is 2. The van der Waals surface area contributed by atoms with Crippen LogP contribution in [0.25, 0.3) is 0 Å². The van der Waals surface area contributed by atoms with E-state index in [2.05, 4.69) is 4.98 Å². The van der Waals surface area contributed by atoms with Crippen LogP contribution in [0.5, 0.6) is 0 Å². The van der Waals surface area contributed by atoms with Gasteiger partial charge >= 0.3 is 0 Å². The number of hydrogen-bond acceptors (Lipinski definition) is 3. The van der Waals surface area contributed by atoms with Crippen LogP contribution < -0.4 is 0 Å². The molecule has 0 spiro atoms. The van der Waals surface area contributed by atoms with E-state index >= 15 is 0 Å². The van der Waals surface area contributed by atoms with Gasteiger partial charge in [-0.15, -0.1) is 0 Å². The van der Waals surface area contributed by atoms with Crippen molar-refractivity contribution >= 4 is 29.0 Å². The number of ether oxygens (including phenoxy) is 1. The predicted molar refractivity (Wildman–Crippen MR) is 57.5 cm³/mol. The number of hydrogen-bond donors (Lipinski definition) is 0. The summed E-state index contributed by atoms with van der Waals surface area (Å²) in [7, 11) is 0. The highest BCUT2D eigenvalue weighted by atomic mass is 35.5. The van der Waals surface area contributed by atoms with Crippen molar-refractivity contribution in [3.63, 3.8) is 0 Å². The number of carbonyl (C=O) groups excluding carboxylic acids is 1. The third-order valence-electron chi connectivity index (χ3n) is 2.34. The molecule has 3 nitrogen and oxygen atoms in total. The molecule has 1 fully saturated rings. The van der Waals surface area contributed by atoms with Gasteiger partial charge in [-0.1, -0.05) is 23.2 Å². The second kappa shape index (κ2) is 4.47. The van der Waals surface area contributed by atoms with Gasteiger partial charge in [0.15, 0.2) is 5.78 Å². The Morgan fingerprint density at radius 3 is 2.93 bits per heavy atom. The van der Waals surface area contributed by atoms with E-state index in [1.165, 1.54) is 12.3 Å². The maximum Gasteiger partial charge on any atom is 0.188 e. The summed E-state index contributed by atoms with van der Waals surface area (Å²) in [5, 5.41) is 0.735. The number of nitrogens with zero attached hydrogens (tertiary/aromatic N) is 1. The Balaban J connectivity index is 2.24. The molecule has 0 radical (unpaired) electrons. The molecule has 0 N–H and O–H groups in total. The number of pyridine rings is 1. The van der Waals surface area contributed by atoms with E-state index in [4.69, 9.17) is 27.9 Å². The quantitative estimate of drug-likeness (QED) is 0.753. The van der Waals surface area contributed by atoms with Crippen molar-refractivity contribution in [3.8, 4) is 0 Å². The molecule has 1 aromatic rings. The summed E-state index contributed by atoms with van der Waals surface area (Å²) < 4.78 is 5.15. The number of Topliss-reactive ketones (excluding diaryl/α,β-unsaturated/α-hetero) is 1. The normalized spacial score (nSPS) is 20.5. The van der Waals surface area contributed by atoms with Gasteiger partial charge in [-0.05, 0) is 12.5 Å². The lowest BCUT2D eigenvalue weighted by Gasteiger charge is -2.07. The molecule has 2 rings (SSSR count). The van der Waals surface area contributed by atoms with Crippen LogP contribution in [0, 0.1) is 5.92 Å². The summed E-state index contributed by atoms with van der Waals surface area (Å²) in [6.07, 6.45) is 2.16. The Hall–Kier alpha value is -0.640. The zero-order valence-electron chi connectivity index (χ0n) is 7.87. The molecule has 0 amide bonds. The molecule has 1 aromatic heterocycles. The molecular weight excluding hydrogens is 237 g/mol. The molecule has 0 aromatic carbocycles. The number of halogens is 2. The molecular formula is C10H9Cl2NO2. The first-order chi connectivity index (χ1) is 7.18. The van der Waals surface area contributed by atoms with Gasteiger partial charge in [-0.3, -0.25) is 4.79 Å². The van der Waals surface area contributed by atoms with Crippen LogP contribution in [0.3, 0.4) is 0 Å². The van der Waals surface area contributed by atoms with E-state index in [-0.39, 0.29) is 17.4 Å². The van der Waals surface area contributed by atoms with Crippen LogP contribution in [0.1, 0.15) is 16.9 Å². The molecule has 1 unspecified atom stereocenters. The molecule has 0 saturated carbocycles. The van der Waals surface area contributed by atoms with E-state index in [9.17, 15) is 4.79 Å². The van der Waals surface area contributed by atoms with Crippen molar-refractivity contribution < 1.29 is 9.53 Å². The minimum absolute atomic E-state index is 0.0610. The standard InChI is InChI=1S/C10H9Cl2NO2/c11-7-3-8(12)9(13-4-7)10(14)6-1-2-15-5-6/h3-4,6H,1-2,5H2. The van der Waals surface area contributed by atoms with Crippen LogP contribution in [0.2, 0.25) is 10.0 Å². The SMILES string of the molecule is O=C(c1ncc(Cl)cc1Cl)C1CCOC1. The van der Waals surface area contributed by atoms with Crippen molar-refractivity contribution in [2.45, 2.75) is 6.42 Å². The lowest BCUT2D eigenvalue weighted by atomic mass is 10.0. The Labute approximate surface area is 97.4 Å². The fourth-order valence-corrected chi connectivity index (χ4v) is 2.00. The van der Waals surface area contributed by atoms with Gasteiger partial charge in [0.1, 0.15) is 5.69 Å². The molecule has 1 saturated heterocycles. The van der Waals surface area contributed by atoms with E-state index in [1.54, 1.807) is 0 Å². The average molecular weight is 246 g/mol.